The summed E-state index contributed by atoms with van der Waals surface area (Å²) >= 11 is 0. The summed E-state index contributed by atoms with van der Waals surface area (Å²) in [5.74, 6) is 2.29. The number of hydrogen-bond donors (Lipinski definition) is 1. The molecule has 0 amide bonds. The molecule has 0 saturated carbocycles. The minimum Gasteiger partial charge on any atom is -0.491 e. The van der Waals surface area contributed by atoms with Gasteiger partial charge in [-0.15, -0.1) is 0 Å². The number of benzene rings is 1. The second-order valence-corrected chi connectivity index (χ2v) is 13.3. The lowest BCUT2D eigenvalue weighted by Gasteiger charge is -2.18. The van der Waals surface area contributed by atoms with Gasteiger partial charge in [-0.05, 0) is 42.4 Å². The molecule has 0 saturated heterocycles. The van der Waals surface area contributed by atoms with Gasteiger partial charge in [0.05, 0.1) is 178 Å². The van der Waals surface area contributed by atoms with Gasteiger partial charge in [0.2, 0.25) is 0 Å². The number of hydrogen-bond acceptors (Lipinski definition) is 15. The molecule has 2 atom stereocenters. The molecule has 15 heteroatoms. The molecule has 0 aromatic heterocycles. The fourth-order valence-electron chi connectivity index (χ4n) is 5.16. The van der Waals surface area contributed by atoms with E-state index in [0.717, 1.165) is 11.7 Å². The van der Waals surface area contributed by atoms with E-state index in [1.807, 2.05) is 0 Å². The average Bonchev–Trinajstić information content (AvgIpc) is 3.24. The molecule has 1 aromatic rings. The topological polar surface area (TPSA) is 149 Å². The van der Waals surface area contributed by atoms with E-state index in [2.05, 4.69) is 45.0 Å². The monoisotopic (exact) mass is 837 g/mol. The van der Waals surface area contributed by atoms with Crippen molar-refractivity contribution in [2.45, 2.75) is 52.4 Å². The van der Waals surface area contributed by atoms with Gasteiger partial charge in [0.1, 0.15) is 12.4 Å². The predicted octanol–water partition coefficient (Wildman–Crippen LogP) is 4.59. The van der Waals surface area contributed by atoms with Crippen LogP contribution < -0.4 is 4.74 Å². The smallest absolute Gasteiger partial charge is 0.119 e. The molecule has 0 spiro atoms. The Labute approximate surface area is 349 Å². The minimum atomic E-state index is 0.0232. The van der Waals surface area contributed by atoms with Crippen molar-refractivity contribution in [3.8, 4) is 5.75 Å². The van der Waals surface area contributed by atoms with Crippen molar-refractivity contribution in [1.29, 1.82) is 0 Å². The maximum absolute atomic E-state index is 8.60. The molecule has 15 nitrogen and oxygen atoms in total. The van der Waals surface area contributed by atoms with Gasteiger partial charge in [-0.2, -0.15) is 0 Å². The Morgan fingerprint density at radius 2 is 0.638 bits per heavy atom. The van der Waals surface area contributed by atoms with Crippen molar-refractivity contribution < 1.29 is 71.4 Å². The largest absolute Gasteiger partial charge is 0.491 e. The molecule has 0 fully saturated rings. The van der Waals surface area contributed by atoms with Crippen LogP contribution in [-0.4, -0.2) is 190 Å². The second kappa shape index (κ2) is 45.0. The van der Waals surface area contributed by atoms with E-state index in [1.165, 1.54) is 31.2 Å². The van der Waals surface area contributed by atoms with E-state index in [9.17, 15) is 0 Å². The predicted molar refractivity (Wildman–Crippen MR) is 221 cm³/mol. The van der Waals surface area contributed by atoms with Crippen LogP contribution in [0.15, 0.2) is 24.3 Å². The first kappa shape index (κ1) is 54.5. The van der Waals surface area contributed by atoms with E-state index in [-0.39, 0.29) is 6.61 Å². The molecule has 0 aliphatic rings. The lowest BCUT2D eigenvalue weighted by atomic mass is 9.88. The third-order valence-corrected chi connectivity index (χ3v) is 8.75. The van der Waals surface area contributed by atoms with Gasteiger partial charge >= 0.3 is 0 Å². The first-order valence-electron chi connectivity index (χ1n) is 21.5. The highest BCUT2D eigenvalue weighted by Gasteiger charge is 2.11. The summed E-state index contributed by atoms with van der Waals surface area (Å²) in [4.78, 5) is 0. The normalized spacial score (nSPS) is 12.7. The standard InChI is InChI=1S/C43H80O15/c1-4-40(3)6-7-41(5-2)42-8-10-43(11-9-42)58-39-38-57-37-36-56-35-34-55-33-32-54-31-30-53-29-28-52-27-26-51-25-24-50-23-22-49-21-20-48-19-18-47-17-16-46-15-14-45-13-12-44/h8-11,40-41,44H,4-7,12-39H2,1-3H3. The fraction of sp³-hybridized carbons (Fsp3) is 0.860. The van der Waals surface area contributed by atoms with Crippen LogP contribution in [0.25, 0.3) is 0 Å². The number of aliphatic hydroxyl groups excluding tert-OH is 1. The molecule has 1 rings (SSSR count). The van der Waals surface area contributed by atoms with Crippen LogP contribution in [0.1, 0.15) is 57.9 Å². The molecule has 0 aliphatic carbocycles. The Bertz CT molecular complexity index is 930. The summed E-state index contributed by atoms with van der Waals surface area (Å²) in [6.07, 6.45) is 4.94. The highest BCUT2D eigenvalue weighted by molar-refractivity contribution is 5.29. The third kappa shape index (κ3) is 37.5. The van der Waals surface area contributed by atoms with E-state index in [1.54, 1.807) is 0 Å². The molecule has 0 bridgehead atoms. The molecular weight excluding hydrogens is 756 g/mol. The van der Waals surface area contributed by atoms with Crippen molar-refractivity contribution >= 4 is 0 Å². The van der Waals surface area contributed by atoms with Gasteiger partial charge < -0.3 is 71.4 Å². The summed E-state index contributed by atoms with van der Waals surface area (Å²) in [6, 6.07) is 8.56. The van der Waals surface area contributed by atoms with E-state index >= 15 is 0 Å². The first-order valence-corrected chi connectivity index (χ1v) is 21.5. The second-order valence-electron chi connectivity index (χ2n) is 13.3. The lowest BCUT2D eigenvalue weighted by Crippen LogP contribution is -2.15. The summed E-state index contributed by atoms with van der Waals surface area (Å²) in [7, 11) is 0. The Hall–Kier alpha value is -1.54. The lowest BCUT2D eigenvalue weighted by molar-refractivity contribution is -0.0293. The number of ether oxygens (including phenoxy) is 14. The molecule has 342 valence electrons. The first-order chi connectivity index (χ1) is 28.7. The number of aliphatic hydroxyl groups is 1. The van der Waals surface area contributed by atoms with Crippen molar-refractivity contribution in [2.75, 3.05) is 185 Å². The molecule has 58 heavy (non-hydrogen) atoms. The fourth-order valence-corrected chi connectivity index (χ4v) is 5.16. The van der Waals surface area contributed by atoms with E-state index < -0.39 is 0 Å². The molecule has 0 aliphatic heterocycles. The quantitative estimate of drug-likeness (QED) is 0.0912. The summed E-state index contributed by atoms with van der Waals surface area (Å²) < 4.78 is 76.9. The minimum absolute atomic E-state index is 0.0232. The van der Waals surface area contributed by atoms with Crippen molar-refractivity contribution in [3.05, 3.63) is 29.8 Å². The Morgan fingerprint density at radius 3 is 0.897 bits per heavy atom. The van der Waals surface area contributed by atoms with Crippen molar-refractivity contribution in [1.82, 2.24) is 0 Å². The maximum Gasteiger partial charge on any atom is 0.119 e. The highest BCUT2D eigenvalue weighted by atomic mass is 16.6. The van der Waals surface area contributed by atoms with Crippen LogP contribution in [0.3, 0.4) is 0 Å². The summed E-state index contributed by atoms with van der Waals surface area (Å²) in [6.45, 7) is 20.3. The van der Waals surface area contributed by atoms with Gasteiger partial charge in [-0.3, -0.25) is 0 Å². The maximum atomic E-state index is 8.60. The van der Waals surface area contributed by atoms with E-state index in [0.29, 0.717) is 184 Å². The van der Waals surface area contributed by atoms with Crippen LogP contribution in [-0.2, 0) is 61.6 Å². The van der Waals surface area contributed by atoms with Crippen molar-refractivity contribution in [2.24, 2.45) is 5.92 Å². The molecular formula is C43H80O15. The summed E-state index contributed by atoms with van der Waals surface area (Å²) in [5.41, 5.74) is 1.40. The van der Waals surface area contributed by atoms with E-state index in [4.69, 9.17) is 71.4 Å². The zero-order valence-electron chi connectivity index (χ0n) is 36.3. The van der Waals surface area contributed by atoms with Crippen LogP contribution >= 0.6 is 0 Å². The van der Waals surface area contributed by atoms with Gasteiger partial charge in [-0.1, -0.05) is 45.7 Å². The molecule has 1 N–H and O–H groups in total. The number of rotatable bonds is 48. The van der Waals surface area contributed by atoms with Gasteiger partial charge in [-0.25, -0.2) is 0 Å². The molecule has 0 heterocycles. The van der Waals surface area contributed by atoms with Crippen LogP contribution in [0, 0.1) is 5.92 Å². The molecule has 1 aromatic carbocycles. The third-order valence-electron chi connectivity index (χ3n) is 8.75. The van der Waals surface area contributed by atoms with Gasteiger partial charge in [0.15, 0.2) is 0 Å². The Morgan fingerprint density at radius 1 is 0.362 bits per heavy atom. The van der Waals surface area contributed by atoms with Gasteiger partial charge in [0, 0.05) is 0 Å². The SMILES string of the molecule is CCC(C)CCC(CC)c1ccc(OCCOCCOCCOCCOCCOCCOCCOCCOCCOCCOCCOCCOCCOCCO)cc1. The molecule has 0 radical (unpaired) electrons. The zero-order chi connectivity index (χ0) is 41.7. The highest BCUT2D eigenvalue weighted by Crippen LogP contribution is 2.28. The zero-order valence-corrected chi connectivity index (χ0v) is 36.3. The average molecular weight is 837 g/mol. The Balaban J connectivity index is 1.69. The van der Waals surface area contributed by atoms with Crippen molar-refractivity contribution in [3.63, 3.8) is 0 Å². The van der Waals surface area contributed by atoms with Crippen LogP contribution in [0.2, 0.25) is 0 Å². The van der Waals surface area contributed by atoms with Gasteiger partial charge in [0.25, 0.3) is 0 Å². The van der Waals surface area contributed by atoms with Crippen LogP contribution in [0.5, 0.6) is 5.75 Å². The molecule has 2 unspecified atom stereocenters. The summed E-state index contributed by atoms with van der Waals surface area (Å²) in [5, 5.41) is 8.60. The Kier molecular flexibility index (Phi) is 42.3. The van der Waals surface area contributed by atoms with Crippen LogP contribution in [0.4, 0.5) is 0 Å².